The summed E-state index contributed by atoms with van der Waals surface area (Å²) in [5, 5.41) is 2.58. The van der Waals surface area contributed by atoms with Gasteiger partial charge in [0, 0.05) is 18.1 Å². The molecule has 190 valence electrons. The summed E-state index contributed by atoms with van der Waals surface area (Å²) in [7, 11) is -2.57. The van der Waals surface area contributed by atoms with Crippen molar-refractivity contribution in [1.29, 1.82) is 0 Å². The van der Waals surface area contributed by atoms with Gasteiger partial charge in [-0.2, -0.15) is 0 Å². The Balaban J connectivity index is 2.06. The lowest BCUT2D eigenvalue weighted by Gasteiger charge is -2.32. The van der Waals surface area contributed by atoms with Crippen molar-refractivity contribution in [2.75, 3.05) is 17.9 Å². The molecule has 9 heteroatoms. The predicted molar refractivity (Wildman–Crippen MR) is 145 cm³/mol. The predicted octanol–water partition coefficient (Wildman–Crippen LogP) is 4.42. The number of benzene rings is 3. The van der Waals surface area contributed by atoms with Crippen LogP contribution in [0.2, 0.25) is 0 Å². The van der Waals surface area contributed by atoms with E-state index in [1.54, 1.807) is 31.2 Å². The van der Waals surface area contributed by atoms with Gasteiger partial charge in [-0.25, -0.2) is 8.42 Å². The summed E-state index contributed by atoms with van der Waals surface area (Å²) in [5.74, 6) is -0.840. The largest absolute Gasteiger partial charge is 0.357 e. The second kappa shape index (κ2) is 11.7. The first kappa shape index (κ1) is 27.4. The second-order valence-electron chi connectivity index (χ2n) is 8.56. The van der Waals surface area contributed by atoms with Crippen LogP contribution < -0.4 is 9.62 Å². The lowest BCUT2D eigenvalue weighted by Crippen LogP contribution is -2.50. The van der Waals surface area contributed by atoms with Crippen LogP contribution in [-0.2, 0) is 26.2 Å². The zero-order chi connectivity index (χ0) is 26.5. The minimum Gasteiger partial charge on any atom is -0.357 e. The van der Waals surface area contributed by atoms with Crippen LogP contribution in [0.25, 0.3) is 0 Å². The van der Waals surface area contributed by atoms with Gasteiger partial charge in [0.05, 0.1) is 10.6 Å². The lowest BCUT2D eigenvalue weighted by molar-refractivity contribution is -0.139. The molecule has 3 aromatic carbocycles. The summed E-state index contributed by atoms with van der Waals surface area (Å²) in [6, 6.07) is 20.0. The summed E-state index contributed by atoms with van der Waals surface area (Å²) in [6.07, 6.45) is 0. The average molecular weight is 573 g/mol. The zero-order valence-corrected chi connectivity index (χ0v) is 23.1. The van der Waals surface area contributed by atoms with Crippen molar-refractivity contribution in [3.05, 3.63) is 94.0 Å². The highest BCUT2D eigenvalue weighted by Gasteiger charge is 2.32. The van der Waals surface area contributed by atoms with Crippen LogP contribution in [0.5, 0.6) is 0 Å². The van der Waals surface area contributed by atoms with E-state index in [0.717, 1.165) is 25.5 Å². The smallest absolute Gasteiger partial charge is 0.264 e. The maximum atomic E-state index is 13.8. The minimum atomic E-state index is -4.07. The van der Waals surface area contributed by atoms with Crippen LogP contribution in [0.3, 0.4) is 0 Å². The van der Waals surface area contributed by atoms with Crippen molar-refractivity contribution in [1.82, 2.24) is 10.2 Å². The van der Waals surface area contributed by atoms with E-state index in [1.165, 1.54) is 24.1 Å². The minimum absolute atomic E-state index is 0.0793. The molecule has 0 saturated carbocycles. The Morgan fingerprint density at radius 3 is 2.28 bits per heavy atom. The fourth-order valence-corrected chi connectivity index (χ4v) is 5.89. The van der Waals surface area contributed by atoms with Gasteiger partial charge in [-0.15, -0.1) is 0 Å². The topological polar surface area (TPSA) is 86.8 Å². The number of nitrogens with zero attached hydrogens (tertiary/aromatic N) is 2. The van der Waals surface area contributed by atoms with Gasteiger partial charge in [0.2, 0.25) is 11.8 Å². The number of likely N-dealkylation sites (N-methyl/N-ethyl adjacent to an activating group) is 1. The van der Waals surface area contributed by atoms with Gasteiger partial charge in [0.1, 0.15) is 12.6 Å². The van der Waals surface area contributed by atoms with Gasteiger partial charge in [-0.1, -0.05) is 64.0 Å². The molecule has 0 aliphatic heterocycles. The number of aryl methyl sites for hydroxylation is 2. The third-order valence-electron chi connectivity index (χ3n) is 5.89. The number of sulfonamides is 1. The standard InChI is InChI=1S/C27H30BrN3O4S/c1-19-13-14-25(20(2)15-19)31(36(34,35)24-11-6-5-7-12-24)18-26(32)30(21(3)27(33)29-4)17-22-9-8-10-23(28)16-22/h5-16,21H,17-18H2,1-4H3,(H,29,33)/t21-/m0/s1. The van der Waals surface area contributed by atoms with Gasteiger partial charge in [0.25, 0.3) is 10.0 Å². The van der Waals surface area contributed by atoms with E-state index in [0.29, 0.717) is 5.69 Å². The molecule has 0 aliphatic rings. The highest BCUT2D eigenvalue weighted by atomic mass is 79.9. The average Bonchev–Trinajstić information content (AvgIpc) is 2.85. The molecule has 0 saturated heterocycles. The van der Waals surface area contributed by atoms with Crippen molar-refractivity contribution in [3.63, 3.8) is 0 Å². The van der Waals surface area contributed by atoms with Crippen LogP contribution in [0.15, 0.2) is 82.2 Å². The first-order valence-electron chi connectivity index (χ1n) is 11.4. The summed E-state index contributed by atoms with van der Waals surface area (Å²) >= 11 is 3.44. The third-order valence-corrected chi connectivity index (χ3v) is 8.15. The number of anilines is 1. The molecule has 0 unspecified atom stereocenters. The number of rotatable bonds is 9. The summed E-state index contributed by atoms with van der Waals surface area (Å²) < 4.78 is 29.5. The van der Waals surface area contributed by atoms with Crippen molar-refractivity contribution < 1.29 is 18.0 Å². The molecule has 7 nitrogen and oxygen atoms in total. The van der Waals surface area contributed by atoms with Gasteiger partial charge in [0.15, 0.2) is 0 Å². The van der Waals surface area contributed by atoms with Crippen LogP contribution in [0.1, 0.15) is 23.6 Å². The zero-order valence-electron chi connectivity index (χ0n) is 20.7. The number of hydrogen-bond acceptors (Lipinski definition) is 4. The molecule has 0 aromatic heterocycles. The highest BCUT2D eigenvalue weighted by Crippen LogP contribution is 2.28. The molecule has 2 amide bonds. The second-order valence-corrected chi connectivity index (χ2v) is 11.3. The van der Waals surface area contributed by atoms with Gasteiger partial charge in [-0.3, -0.25) is 13.9 Å². The number of halogens is 1. The summed E-state index contributed by atoms with van der Waals surface area (Å²) in [5.41, 5.74) is 2.91. The maximum Gasteiger partial charge on any atom is 0.264 e. The highest BCUT2D eigenvalue weighted by molar-refractivity contribution is 9.10. The Bertz CT molecular complexity index is 1350. The molecule has 0 fully saturated rings. The van der Waals surface area contributed by atoms with Crippen molar-refractivity contribution in [2.24, 2.45) is 0 Å². The molecular weight excluding hydrogens is 542 g/mol. The molecule has 3 rings (SSSR count). The monoisotopic (exact) mass is 571 g/mol. The van der Waals surface area contributed by atoms with E-state index in [9.17, 15) is 18.0 Å². The van der Waals surface area contributed by atoms with Gasteiger partial charge in [-0.05, 0) is 62.2 Å². The Kier molecular flexibility index (Phi) is 8.92. The molecule has 0 heterocycles. The quantitative estimate of drug-likeness (QED) is 0.411. The van der Waals surface area contributed by atoms with E-state index >= 15 is 0 Å². The Hall–Kier alpha value is -3.17. The number of carbonyl (C=O) groups is 2. The van der Waals surface area contributed by atoms with Crippen molar-refractivity contribution in [2.45, 2.75) is 38.3 Å². The summed E-state index contributed by atoms with van der Waals surface area (Å²) in [6.45, 7) is 5.03. The van der Waals surface area contributed by atoms with Crippen LogP contribution in [0, 0.1) is 13.8 Å². The summed E-state index contributed by atoms with van der Waals surface area (Å²) in [4.78, 5) is 27.8. The van der Waals surface area contributed by atoms with Crippen molar-refractivity contribution in [3.8, 4) is 0 Å². The number of nitrogens with one attached hydrogen (secondary N) is 1. The van der Waals surface area contributed by atoms with E-state index in [4.69, 9.17) is 0 Å². The van der Waals surface area contributed by atoms with E-state index in [-0.39, 0.29) is 17.3 Å². The number of hydrogen-bond donors (Lipinski definition) is 1. The van der Waals surface area contributed by atoms with E-state index < -0.39 is 28.5 Å². The molecular formula is C27H30BrN3O4S. The normalized spacial score (nSPS) is 12.0. The van der Waals surface area contributed by atoms with E-state index in [2.05, 4.69) is 21.2 Å². The van der Waals surface area contributed by atoms with Crippen molar-refractivity contribution >= 4 is 43.5 Å². The molecule has 3 aromatic rings. The molecule has 0 aliphatic carbocycles. The Morgan fingerprint density at radius 1 is 0.972 bits per heavy atom. The molecule has 36 heavy (non-hydrogen) atoms. The molecule has 1 N–H and O–H groups in total. The first-order valence-corrected chi connectivity index (χ1v) is 13.7. The maximum absolute atomic E-state index is 13.8. The van der Waals surface area contributed by atoms with Gasteiger partial charge < -0.3 is 10.2 Å². The third kappa shape index (κ3) is 6.33. The number of amides is 2. The molecule has 0 radical (unpaired) electrons. The first-order chi connectivity index (χ1) is 17.0. The van der Waals surface area contributed by atoms with Crippen LogP contribution >= 0.6 is 15.9 Å². The Labute approximate surface area is 221 Å². The lowest BCUT2D eigenvalue weighted by atomic mass is 10.1. The van der Waals surface area contributed by atoms with E-state index in [1.807, 2.05) is 50.2 Å². The number of carbonyl (C=O) groups excluding carboxylic acids is 2. The van der Waals surface area contributed by atoms with Crippen LogP contribution in [0.4, 0.5) is 5.69 Å². The molecule has 1 atom stereocenters. The molecule has 0 bridgehead atoms. The fourth-order valence-electron chi connectivity index (χ4n) is 3.94. The SMILES string of the molecule is CNC(=O)[C@H](C)N(Cc1cccc(Br)c1)C(=O)CN(c1ccc(C)cc1C)S(=O)(=O)c1ccccc1. The fraction of sp³-hybridized carbons (Fsp3) is 0.259. The van der Waals surface area contributed by atoms with Gasteiger partial charge >= 0.3 is 0 Å². The molecule has 0 spiro atoms. The Morgan fingerprint density at radius 2 is 1.67 bits per heavy atom. The van der Waals surface area contributed by atoms with Crippen LogP contribution in [-0.4, -0.2) is 44.8 Å².